The number of nitrogens with zero attached hydrogens (tertiary/aromatic N) is 1. The van der Waals surface area contributed by atoms with Crippen LogP contribution < -0.4 is 0 Å². The average molecular weight is 265 g/mol. The minimum Gasteiger partial charge on any atom is -0.481 e. The number of imide groups is 1. The minimum absolute atomic E-state index is 0.0903. The lowest BCUT2D eigenvalue weighted by molar-refractivity contribution is -0.153. The number of carbonyl (C=O) groups is 3. The lowest BCUT2D eigenvalue weighted by Crippen LogP contribution is -2.44. The number of hydrogen-bond acceptors (Lipinski definition) is 3. The SMILES string of the molecule is O=C1C2CCCC2C(=O)N1CC1(C(=O)O)CCCC1. The zero-order chi connectivity index (χ0) is 13.6. The molecule has 2 saturated carbocycles. The van der Waals surface area contributed by atoms with Gasteiger partial charge in [0.05, 0.1) is 17.3 Å². The quantitative estimate of drug-likeness (QED) is 0.783. The smallest absolute Gasteiger partial charge is 0.311 e. The van der Waals surface area contributed by atoms with Crippen LogP contribution in [0.4, 0.5) is 0 Å². The fourth-order valence-corrected chi connectivity index (χ4v) is 4.01. The summed E-state index contributed by atoms with van der Waals surface area (Å²) in [7, 11) is 0. The third kappa shape index (κ3) is 1.78. The Morgan fingerprint density at radius 1 is 1.11 bits per heavy atom. The molecule has 104 valence electrons. The minimum atomic E-state index is -0.885. The Kier molecular flexibility index (Phi) is 2.87. The van der Waals surface area contributed by atoms with Gasteiger partial charge < -0.3 is 5.11 Å². The third-order valence-corrected chi connectivity index (χ3v) is 5.16. The number of likely N-dealkylation sites (tertiary alicyclic amines) is 1. The summed E-state index contributed by atoms with van der Waals surface area (Å²) < 4.78 is 0. The number of carboxylic acid groups (broad SMARTS) is 1. The van der Waals surface area contributed by atoms with Crippen molar-refractivity contribution in [1.82, 2.24) is 4.90 Å². The highest BCUT2D eigenvalue weighted by atomic mass is 16.4. The van der Waals surface area contributed by atoms with Gasteiger partial charge in [0.25, 0.3) is 0 Å². The molecule has 5 nitrogen and oxygen atoms in total. The number of hydrogen-bond donors (Lipinski definition) is 1. The maximum Gasteiger partial charge on any atom is 0.311 e. The summed E-state index contributed by atoms with van der Waals surface area (Å²) >= 11 is 0. The summed E-state index contributed by atoms with van der Waals surface area (Å²) in [5.41, 5.74) is -0.885. The maximum absolute atomic E-state index is 12.3. The lowest BCUT2D eigenvalue weighted by Gasteiger charge is -2.28. The van der Waals surface area contributed by atoms with E-state index in [-0.39, 0.29) is 30.2 Å². The van der Waals surface area contributed by atoms with Crippen molar-refractivity contribution in [3.05, 3.63) is 0 Å². The molecule has 0 aromatic heterocycles. The normalized spacial score (nSPS) is 32.9. The van der Waals surface area contributed by atoms with Gasteiger partial charge >= 0.3 is 5.97 Å². The molecule has 0 aromatic carbocycles. The van der Waals surface area contributed by atoms with E-state index < -0.39 is 11.4 Å². The summed E-state index contributed by atoms with van der Waals surface area (Å²) in [6.07, 6.45) is 5.40. The van der Waals surface area contributed by atoms with Crippen LogP contribution in [0.2, 0.25) is 0 Å². The highest BCUT2D eigenvalue weighted by Crippen LogP contribution is 2.44. The number of carboxylic acids is 1. The number of rotatable bonds is 3. The molecule has 2 atom stereocenters. The van der Waals surface area contributed by atoms with Gasteiger partial charge in [-0.3, -0.25) is 19.3 Å². The molecular weight excluding hydrogens is 246 g/mol. The van der Waals surface area contributed by atoms with Crippen molar-refractivity contribution in [3.8, 4) is 0 Å². The molecule has 3 rings (SSSR count). The van der Waals surface area contributed by atoms with E-state index in [1.165, 1.54) is 4.90 Å². The molecule has 0 aromatic rings. The Morgan fingerprint density at radius 3 is 2.11 bits per heavy atom. The highest BCUT2D eigenvalue weighted by Gasteiger charge is 2.53. The second-order valence-corrected chi connectivity index (χ2v) is 6.20. The van der Waals surface area contributed by atoms with Crippen LogP contribution in [0.5, 0.6) is 0 Å². The molecular formula is C14H19NO4. The van der Waals surface area contributed by atoms with Gasteiger partial charge in [-0.25, -0.2) is 0 Å². The Balaban J connectivity index is 1.81. The van der Waals surface area contributed by atoms with Crippen LogP contribution in [-0.2, 0) is 14.4 Å². The van der Waals surface area contributed by atoms with Crippen LogP contribution in [0.25, 0.3) is 0 Å². The van der Waals surface area contributed by atoms with Crippen LogP contribution in [-0.4, -0.2) is 34.3 Å². The van der Waals surface area contributed by atoms with E-state index in [1.54, 1.807) is 0 Å². The highest BCUT2D eigenvalue weighted by molar-refractivity contribution is 6.05. The number of fused-ring (bicyclic) bond motifs is 1. The molecule has 2 unspecified atom stereocenters. The van der Waals surface area contributed by atoms with Gasteiger partial charge in [0, 0.05) is 6.54 Å². The van der Waals surface area contributed by atoms with E-state index in [0.717, 1.165) is 32.1 Å². The van der Waals surface area contributed by atoms with Gasteiger partial charge in [-0.1, -0.05) is 19.3 Å². The van der Waals surface area contributed by atoms with E-state index in [9.17, 15) is 19.5 Å². The van der Waals surface area contributed by atoms with Crippen molar-refractivity contribution in [3.63, 3.8) is 0 Å². The van der Waals surface area contributed by atoms with E-state index in [4.69, 9.17) is 0 Å². The van der Waals surface area contributed by atoms with E-state index in [2.05, 4.69) is 0 Å². The van der Waals surface area contributed by atoms with E-state index in [1.807, 2.05) is 0 Å². The van der Waals surface area contributed by atoms with Crippen molar-refractivity contribution in [2.75, 3.05) is 6.54 Å². The van der Waals surface area contributed by atoms with Gasteiger partial charge in [0.2, 0.25) is 11.8 Å². The molecule has 0 bridgehead atoms. The Labute approximate surface area is 112 Å². The van der Waals surface area contributed by atoms with Gasteiger partial charge in [0.15, 0.2) is 0 Å². The first-order chi connectivity index (χ1) is 9.05. The van der Waals surface area contributed by atoms with E-state index in [0.29, 0.717) is 12.8 Å². The van der Waals surface area contributed by atoms with Gasteiger partial charge in [-0.15, -0.1) is 0 Å². The number of carbonyl (C=O) groups excluding carboxylic acids is 2. The van der Waals surface area contributed by atoms with Crippen LogP contribution >= 0.6 is 0 Å². The van der Waals surface area contributed by atoms with Crippen LogP contribution in [0.15, 0.2) is 0 Å². The van der Waals surface area contributed by atoms with Gasteiger partial charge in [-0.05, 0) is 25.7 Å². The molecule has 1 heterocycles. The molecule has 5 heteroatoms. The maximum atomic E-state index is 12.3. The molecule has 0 radical (unpaired) electrons. The second kappa shape index (κ2) is 4.32. The molecule has 1 N–H and O–H groups in total. The molecule has 1 aliphatic heterocycles. The van der Waals surface area contributed by atoms with Crippen molar-refractivity contribution >= 4 is 17.8 Å². The summed E-state index contributed by atoms with van der Waals surface area (Å²) in [6, 6.07) is 0. The fraction of sp³-hybridized carbons (Fsp3) is 0.786. The van der Waals surface area contributed by atoms with Crippen LogP contribution in [0.3, 0.4) is 0 Å². The Bertz CT molecular complexity index is 417. The summed E-state index contributed by atoms with van der Waals surface area (Å²) in [4.78, 5) is 37.3. The second-order valence-electron chi connectivity index (χ2n) is 6.20. The Hall–Kier alpha value is -1.39. The standard InChI is InChI=1S/C14H19NO4/c16-11-9-4-3-5-10(9)12(17)15(11)8-14(13(18)19)6-1-2-7-14/h9-10H,1-8H2,(H,18,19). The largest absolute Gasteiger partial charge is 0.481 e. The topological polar surface area (TPSA) is 74.7 Å². The first-order valence-electron chi connectivity index (χ1n) is 7.14. The van der Waals surface area contributed by atoms with Gasteiger partial charge in [0.1, 0.15) is 0 Å². The molecule has 19 heavy (non-hydrogen) atoms. The van der Waals surface area contributed by atoms with Crippen molar-refractivity contribution in [1.29, 1.82) is 0 Å². The zero-order valence-electron chi connectivity index (χ0n) is 10.9. The molecule has 2 aliphatic carbocycles. The van der Waals surface area contributed by atoms with Crippen molar-refractivity contribution < 1.29 is 19.5 Å². The van der Waals surface area contributed by atoms with Gasteiger partial charge in [-0.2, -0.15) is 0 Å². The predicted octanol–water partition coefficient (Wildman–Crippen LogP) is 1.42. The van der Waals surface area contributed by atoms with E-state index >= 15 is 0 Å². The zero-order valence-corrected chi connectivity index (χ0v) is 10.9. The fourth-order valence-electron chi connectivity index (χ4n) is 4.01. The monoisotopic (exact) mass is 265 g/mol. The van der Waals surface area contributed by atoms with Crippen LogP contribution in [0.1, 0.15) is 44.9 Å². The molecule has 3 fully saturated rings. The van der Waals surface area contributed by atoms with Crippen molar-refractivity contribution in [2.24, 2.45) is 17.3 Å². The predicted molar refractivity (Wildman–Crippen MR) is 66.1 cm³/mol. The lowest BCUT2D eigenvalue weighted by atomic mass is 9.85. The number of amides is 2. The molecule has 1 saturated heterocycles. The summed E-state index contributed by atoms with van der Waals surface area (Å²) in [5.74, 6) is -1.44. The Morgan fingerprint density at radius 2 is 1.63 bits per heavy atom. The van der Waals surface area contributed by atoms with Crippen LogP contribution in [0, 0.1) is 17.3 Å². The first kappa shape index (κ1) is 12.6. The average Bonchev–Trinajstić information content (AvgIpc) is 3.07. The summed E-state index contributed by atoms with van der Waals surface area (Å²) in [6.45, 7) is 0.0903. The summed E-state index contributed by atoms with van der Waals surface area (Å²) in [5, 5.41) is 9.45. The molecule has 3 aliphatic rings. The van der Waals surface area contributed by atoms with Crippen molar-refractivity contribution in [2.45, 2.75) is 44.9 Å². The molecule has 0 spiro atoms. The molecule has 2 amide bonds. The first-order valence-corrected chi connectivity index (χ1v) is 7.14. The number of aliphatic carboxylic acids is 1. The third-order valence-electron chi connectivity index (χ3n) is 5.16.